The van der Waals surface area contributed by atoms with Crippen LogP contribution in [0.2, 0.25) is 0 Å². The van der Waals surface area contributed by atoms with Crippen molar-refractivity contribution in [2.75, 3.05) is 49.7 Å². The number of carbonyl (C=O) groups excluding carboxylic acids is 1. The number of piperazine rings is 1. The number of anilines is 2. The highest BCUT2D eigenvalue weighted by atomic mass is 19.1. The maximum Gasteiger partial charge on any atom is 0.167 e. The van der Waals surface area contributed by atoms with Gasteiger partial charge in [0, 0.05) is 38.2 Å². The highest BCUT2D eigenvalue weighted by Crippen LogP contribution is 2.34. The van der Waals surface area contributed by atoms with Gasteiger partial charge in [0.15, 0.2) is 5.78 Å². The van der Waals surface area contributed by atoms with Crippen molar-refractivity contribution in [3.63, 3.8) is 0 Å². The van der Waals surface area contributed by atoms with E-state index >= 15 is 0 Å². The lowest BCUT2D eigenvalue weighted by Gasteiger charge is -2.36. The summed E-state index contributed by atoms with van der Waals surface area (Å²) in [6, 6.07) is 3.15. The molecule has 0 amide bonds. The molecule has 2 aliphatic rings. The molecule has 1 aromatic carbocycles. The van der Waals surface area contributed by atoms with Crippen molar-refractivity contribution in [1.29, 1.82) is 0 Å². The van der Waals surface area contributed by atoms with Crippen LogP contribution in [-0.4, -0.2) is 56.6 Å². The van der Waals surface area contributed by atoms with Crippen LogP contribution >= 0.6 is 0 Å². The SMILES string of the molecule is CC(C)ON1CCC(=O)c2cc(F)c(N3CCN(C)CC3)cc21. The van der Waals surface area contributed by atoms with Crippen molar-refractivity contribution < 1.29 is 14.0 Å². The van der Waals surface area contributed by atoms with Gasteiger partial charge in [-0.2, -0.15) is 0 Å². The molecule has 1 saturated heterocycles. The number of hydrogen-bond donors (Lipinski definition) is 0. The van der Waals surface area contributed by atoms with Crippen molar-refractivity contribution in [2.45, 2.75) is 26.4 Å². The van der Waals surface area contributed by atoms with Crippen molar-refractivity contribution in [1.82, 2.24) is 4.90 Å². The number of carbonyl (C=O) groups is 1. The van der Waals surface area contributed by atoms with Crippen molar-refractivity contribution in [3.8, 4) is 0 Å². The lowest BCUT2D eigenvalue weighted by atomic mass is 10.0. The van der Waals surface area contributed by atoms with Crippen LogP contribution in [0.3, 0.4) is 0 Å². The van der Waals surface area contributed by atoms with Gasteiger partial charge >= 0.3 is 0 Å². The van der Waals surface area contributed by atoms with Gasteiger partial charge in [-0.25, -0.2) is 4.39 Å². The first kappa shape index (κ1) is 16.2. The lowest BCUT2D eigenvalue weighted by Crippen LogP contribution is -2.45. The summed E-state index contributed by atoms with van der Waals surface area (Å²) in [5.74, 6) is -0.347. The van der Waals surface area contributed by atoms with Crippen molar-refractivity contribution >= 4 is 17.2 Å². The second-order valence-corrected chi connectivity index (χ2v) is 6.54. The minimum atomic E-state index is -0.326. The molecule has 2 aliphatic heterocycles. The average Bonchev–Trinajstić information content (AvgIpc) is 2.51. The monoisotopic (exact) mass is 321 g/mol. The van der Waals surface area contributed by atoms with Gasteiger partial charge in [0.2, 0.25) is 0 Å². The molecule has 126 valence electrons. The average molecular weight is 321 g/mol. The summed E-state index contributed by atoms with van der Waals surface area (Å²) in [6.45, 7) is 7.78. The second-order valence-electron chi connectivity index (χ2n) is 6.54. The number of rotatable bonds is 3. The Labute approximate surface area is 136 Å². The largest absolute Gasteiger partial charge is 0.367 e. The lowest BCUT2D eigenvalue weighted by molar-refractivity contribution is 0.0508. The Balaban J connectivity index is 1.95. The van der Waals surface area contributed by atoms with Crippen LogP contribution in [0.1, 0.15) is 30.6 Å². The summed E-state index contributed by atoms with van der Waals surface area (Å²) in [7, 11) is 2.07. The zero-order valence-electron chi connectivity index (χ0n) is 14.0. The van der Waals surface area contributed by atoms with Crippen molar-refractivity contribution in [2.24, 2.45) is 0 Å². The van der Waals surface area contributed by atoms with Crippen LogP contribution in [-0.2, 0) is 4.84 Å². The quantitative estimate of drug-likeness (QED) is 0.854. The summed E-state index contributed by atoms with van der Waals surface area (Å²) in [5.41, 5.74) is 1.67. The number of likely N-dealkylation sites (N-methyl/N-ethyl adjacent to an activating group) is 1. The Morgan fingerprint density at radius 2 is 1.78 bits per heavy atom. The van der Waals surface area contributed by atoms with Gasteiger partial charge in [0.05, 0.1) is 24.0 Å². The van der Waals surface area contributed by atoms with Gasteiger partial charge in [0.25, 0.3) is 0 Å². The van der Waals surface area contributed by atoms with E-state index in [2.05, 4.69) is 11.9 Å². The van der Waals surface area contributed by atoms with E-state index in [1.54, 1.807) is 11.1 Å². The molecule has 2 heterocycles. The number of benzene rings is 1. The molecular weight excluding hydrogens is 297 g/mol. The molecule has 5 nitrogen and oxygen atoms in total. The number of Topliss-reactive ketones (excluding diaryl/α,β-unsaturated/α-hetero) is 1. The molecule has 1 fully saturated rings. The zero-order chi connectivity index (χ0) is 16.6. The summed E-state index contributed by atoms with van der Waals surface area (Å²) >= 11 is 0. The number of nitrogens with zero attached hydrogens (tertiary/aromatic N) is 3. The molecule has 0 bridgehead atoms. The molecule has 23 heavy (non-hydrogen) atoms. The predicted molar refractivity (Wildman–Crippen MR) is 88.6 cm³/mol. The number of ketones is 1. The van der Waals surface area contributed by atoms with E-state index < -0.39 is 0 Å². The van der Waals surface area contributed by atoms with E-state index in [9.17, 15) is 9.18 Å². The fraction of sp³-hybridized carbons (Fsp3) is 0.588. The minimum absolute atomic E-state index is 0.00758. The molecule has 0 spiro atoms. The van der Waals surface area contributed by atoms with Crippen LogP contribution in [0, 0.1) is 5.82 Å². The van der Waals surface area contributed by atoms with E-state index in [0.717, 1.165) is 26.2 Å². The normalized spacial score (nSPS) is 19.4. The van der Waals surface area contributed by atoms with E-state index in [0.29, 0.717) is 29.9 Å². The van der Waals surface area contributed by atoms with Gasteiger partial charge in [-0.05, 0) is 33.0 Å². The number of fused-ring (bicyclic) bond motifs is 1. The second kappa shape index (κ2) is 6.45. The van der Waals surface area contributed by atoms with Crippen LogP contribution in [0.25, 0.3) is 0 Å². The first-order valence-electron chi connectivity index (χ1n) is 8.20. The molecule has 1 aromatic rings. The topological polar surface area (TPSA) is 36.0 Å². The maximum atomic E-state index is 14.6. The minimum Gasteiger partial charge on any atom is -0.367 e. The summed E-state index contributed by atoms with van der Waals surface area (Å²) < 4.78 is 14.6. The highest BCUT2D eigenvalue weighted by molar-refractivity contribution is 6.03. The first-order chi connectivity index (χ1) is 11.0. The Bertz CT molecular complexity index is 598. The fourth-order valence-corrected chi connectivity index (χ4v) is 3.09. The molecule has 0 unspecified atom stereocenters. The Morgan fingerprint density at radius 3 is 2.43 bits per heavy atom. The standard InChI is InChI=1S/C17H24FN3O2/c1-12(2)23-21-5-4-17(22)13-10-14(18)16(11-15(13)21)20-8-6-19(3)7-9-20/h10-12H,4-9H2,1-3H3. The van der Waals surface area contributed by atoms with Gasteiger partial charge in [-0.1, -0.05) is 0 Å². The van der Waals surface area contributed by atoms with E-state index in [4.69, 9.17) is 4.84 Å². The third-order valence-corrected chi connectivity index (χ3v) is 4.36. The smallest absolute Gasteiger partial charge is 0.167 e. The molecule has 6 heteroatoms. The Morgan fingerprint density at radius 1 is 1.09 bits per heavy atom. The number of halogens is 1. The summed E-state index contributed by atoms with van der Waals surface area (Å²) in [6.07, 6.45) is 0.362. The summed E-state index contributed by atoms with van der Waals surface area (Å²) in [5, 5.41) is 1.74. The third-order valence-electron chi connectivity index (χ3n) is 4.36. The molecule has 0 aliphatic carbocycles. The zero-order valence-corrected chi connectivity index (χ0v) is 14.0. The van der Waals surface area contributed by atoms with Gasteiger partial charge in [0.1, 0.15) is 5.82 Å². The van der Waals surface area contributed by atoms with Crippen LogP contribution in [0.15, 0.2) is 12.1 Å². The molecule has 0 aromatic heterocycles. The van der Waals surface area contributed by atoms with Gasteiger partial charge in [-0.3, -0.25) is 14.7 Å². The Kier molecular flexibility index (Phi) is 4.55. The third kappa shape index (κ3) is 3.33. The number of hydrogen-bond acceptors (Lipinski definition) is 5. The van der Waals surface area contributed by atoms with Crippen LogP contribution in [0.4, 0.5) is 15.8 Å². The molecule has 3 rings (SSSR count). The van der Waals surface area contributed by atoms with Crippen molar-refractivity contribution in [3.05, 3.63) is 23.5 Å². The molecular formula is C17H24FN3O2. The van der Waals surface area contributed by atoms with E-state index in [-0.39, 0.29) is 17.7 Å². The number of hydroxylamine groups is 1. The molecule has 0 saturated carbocycles. The van der Waals surface area contributed by atoms with Crippen LogP contribution < -0.4 is 9.96 Å². The molecule has 0 atom stereocenters. The van der Waals surface area contributed by atoms with E-state index in [1.807, 2.05) is 18.7 Å². The molecule has 0 radical (unpaired) electrons. The van der Waals surface area contributed by atoms with E-state index in [1.165, 1.54) is 6.07 Å². The highest BCUT2D eigenvalue weighted by Gasteiger charge is 2.28. The maximum absolute atomic E-state index is 14.6. The van der Waals surface area contributed by atoms with Gasteiger partial charge < -0.3 is 9.80 Å². The first-order valence-corrected chi connectivity index (χ1v) is 8.20. The summed E-state index contributed by atoms with van der Waals surface area (Å²) in [4.78, 5) is 22.2. The van der Waals surface area contributed by atoms with Crippen LogP contribution in [0.5, 0.6) is 0 Å². The predicted octanol–water partition coefficient (Wildman–Crippen LogP) is 2.31. The fourth-order valence-electron chi connectivity index (χ4n) is 3.09. The molecule has 0 N–H and O–H groups in total. The Hall–Kier alpha value is -1.66. The van der Waals surface area contributed by atoms with Gasteiger partial charge in [-0.15, -0.1) is 0 Å².